The normalized spacial score (nSPS) is 16.3. The average molecular weight is 727 g/mol. The van der Waals surface area contributed by atoms with Gasteiger partial charge < -0.3 is 29.5 Å². The van der Waals surface area contributed by atoms with Crippen LogP contribution in [0, 0.1) is 6.92 Å². The first-order chi connectivity index (χ1) is 24.3. The number of hydrogen-bond donors (Lipinski definition) is 2. The molecule has 2 aliphatic rings. The Morgan fingerprint density at radius 1 is 1.14 bits per heavy atom. The van der Waals surface area contributed by atoms with Crippen LogP contribution in [0.4, 0.5) is 24.5 Å². The van der Waals surface area contributed by atoms with Crippen LogP contribution in [0.1, 0.15) is 52.9 Å². The molecule has 1 aromatic carbocycles. The molecule has 0 spiro atoms. The van der Waals surface area contributed by atoms with Gasteiger partial charge >= 0.3 is 6.18 Å². The van der Waals surface area contributed by atoms with E-state index in [9.17, 15) is 32.7 Å². The molecule has 3 aromatic heterocycles. The number of carbonyl (C=O) groups is 2. The van der Waals surface area contributed by atoms with E-state index in [-0.39, 0.29) is 77.8 Å². The van der Waals surface area contributed by atoms with Crippen LogP contribution in [0.3, 0.4) is 0 Å². The highest BCUT2D eigenvalue weighted by Crippen LogP contribution is 2.34. The maximum absolute atomic E-state index is 14.3. The summed E-state index contributed by atoms with van der Waals surface area (Å²) in [5, 5.41) is 12.7. The summed E-state index contributed by atoms with van der Waals surface area (Å²) in [6.45, 7) is 3.91. The Hall–Kier alpha value is -5.09. The molecular weight excluding hydrogens is 693 g/mol. The Kier molecular flexibility index (Phi) is 9.99. The Bertz CT molecular complexity index is 2110. The summed E-state index contributed by atoms with van der Waals surface area (Å²) in [6, 6.07) is 2.63. The van der Waals surface area contributed by atoms with Gasteiger partial charge in [-0.1, -0.05) is 24.1 Å². The van der Waals surface area contributed by atoms with E-state index >= 15 is 0 Å². The Balaban J connectivity index is 1.35. The fraction of sp³-hybridized carbons (Fsp3) is 0.382. The van der Waals surface area contributed by atoms with E-state index in [1.54, 1.807) is 18.6 Å². The summed E-state index contributed by atoms with van der Waals surface area (Å²) in [5.41, 5.74) is 1.28. The van der Waals surface area contributed by atoms with Crippen molar-refractivity contribution in [2.24, 2.45) is 0 Å². The second-order valence-corrected chi connectivity index (χ2v) is 12.7. The molecule has 0 atom stereocenters. The minimum absolute atomic E-state index is 0.0150. The summed E-state index contributed by atoms with van der Waals surface area (Å²) >= 11 is 6.11. The number of aromatic nitrogens is 5. The molecule has 17 heteroatoms. The molecule has 2 amide bonds. The quantitative estimate of drug-likeness (QED) is 0.263. The molecule has 0 unspecified atom stereocenters. The zero-order valence-corrected chi connectivity index (χ0v) is 28.7. The van der Waals surface area contributed by atoms with Gasteiger partial charge in [-0.25, -0.2) is 19.9 Å². The second kappa shape index (κ2) is 14.3. The van der Waals surface area contributed by atoms with Gasteiger partial charge in [-0.15, -0.1) is 0 Å². The van der Waals surface area contributed by atoms with Crippen LogP contribution in [0.15, 0.2) is 41.1 Å². The first-order valence-corrected chi connectivity index (χ1v) is 16.5. The lowest BCUT2D eigenvalue weighted by Gasteiger charge is -2.37. The number of nitrogens with one attached hydrogen (secondary N) is 1. The zero-order chi connectivity index (χ0) is 36.6. The highest BCUT2D eigenvalue weighted by molar-refractivity contribution is 6.33. The molecule has 4 aromatic rings. The number of hydrogen-bond acceptors (Lipinski definition) is 10. The van der Waals surface area contributed by atoms with Gasteiger partial charge in [0.1, 0.15) is 18.6 Å². The molecule has 6 rings (SSSR count). The van der Waals surface area contributed by atoms with Gasteiger partial charge in [0.05, 0.1) is 40.0 Å². The summed E-state index contributed by atoms with van der Waals surface area (Å²) in [5.74, 6) is -1.39. The van der Waals surface area contributed by atoms with Crippen molar-refractivity contribution in [2.45, 2.75) is 51.9 Å². The van der Waals surface area contributed by atoms with E-state index in [0.29, 0.717) is 23.5 Å². The van der Waals surface area contributed by atoms with E-state index in [0.717, 1.165) is 36.6 Å². The average Bonchev–Trinajstić information content (AvgIpc) is 3.08. The molecule has 51 heavy (non-hydrogen) atoms. The number of rotatable bonds is 8. The van der Waals surface area contributed by atoms with Crippen molar-refractivity contribution in [2.75, 3.05) is 43.5 Å². The lowest BCUT2D eigenvalue weighted by molar-refractivity contribution is -0.137. The lowest BCUT2D eigenvalue weighted by atomic mass is 9.88. The number of aryl methyl sites for hydroxylation is 1. The SMILES string of the molecule is CCc1c(N2CCN(C(=O)c3ncnc(C)c3O)CC2)c(=O)c2nc(C=C3CC(OC)C3)cnc2n1CC(=O)Nc1ccc(C(F)(F)F)cc1Cl. The van der Waals surface area contributed by atoms with Crippen LogP contribution in [0.2, 0.25) is 5.02 Å². The molecule has 268 valence electrons. The van der Waals surface area contributed by atoms with Gasteiger partial charge in [0.15, 0.2) is 22.6 Å². The van der Waals surface area contributed by atoms with E-state index in [4.69, 9.17) is 16.3 Å². The number of amides is 2. The van der Waals surface area contributed by atoms with Crippen molar-refractivity contribution in [3.8, 4) is 5.75 Å². The van der Waals surface area contributed by atoms with E-state index < -0.39 is 29.0 Å². The molecule has 2 fully saturated rings. The predicted molar refractivity (Wildman–Crippen MR) is 183 cm³/mol. The molecule has 1 saturated heterocycles. The number of aromatic hydroxyl groups is 1. The third-order valence-electron chi connectivity index (χ3n) is 9.02. The van der Waals surface area contributed by atoms with E-state index in [1.165, 1.54) is 17.4 Å². The lowest BCUT2D eigenvalue weighted by Crippen LogP contribution is -2.50. The van der Waals surface area contributed by atoms with Crippen LogP contribution in [0.5, 0.6) is 5.75 Å². The van der Waals surface area contributed by atoms with Gasteiger partial charge in [0, 0.05) is 39.0 Å². The maximum atomic E-state index is 14.3. The monoisotopic (exact) mass is 726 g/mol. The number of anilines is 2. The van der Waals surface area contributed by atoms with Crippen LogP contribution >= 0.6 is 11.6 Å². The van der Waals surface area contributed by atoms with Crippen molar-refractivity contribution in [1.29, 1.82) is 0 Å². The number of ether oxygens (including phenoxy) is 1. The molecule has 1 aliphatic carbocycles. The van der Waals surface area contributed by atoms with Crippen molar-refractivity contribution >= 4 is 52.0 Å². The van der Waals surface area contributed by atoms with E-state index in [1.807, 2.05) is 17.9 Å². The molecule has 4 heterocycles. The minimum Gasteiger partial charge on any atom is -0.504 e. The number of benzene rings is 1. The Labute approximate surface area is 294 Å². The van der Waals surface area contributed by atoms with Gasteiger partial charge in [-0.05, 0) is 50.5 Å². The van der Waals surface area contributed by atoms with Gasteiger partial charge in [0.25, 0.3) is 5.91 Å². The number of alkyl halides is 3. The number of pyridine rings is 1. The van der Waals surface area contributed by atoms with Crippen LogP contribution in [-0.2, 0) is 28.7 Å². The number of nitrogens with zero attached hydrogens (tertiary/aromatic N) is 7. The maximum Gasteiger partial charge on any atom is 0.416 e. The van der Waals surface area contributed by atoms with Crippen LogP contribution < -0.4 is 15.6 Å². The number of piperazine rings is 1. The van der Waals surface area contributed by atoms with E-state index in [2.05, 4.69) is 25.3 Å². The molecule has 13 nitrogen and oxygen atoms in total. The number of carbonyl (C=O) groups excluding carboxylic acids is 2. The summed E-state index contributed by atoms with van der Waals surface area (Å²) in [7, 11) is 1.64. The fourth-order valence-corrected chi connectivity index (χ4v) is 6.45. The first kappa shape index (κ1) is 35.7. The summed E-state index contributed by atoms with van der Waals surface area (Å²) in [6.07, 6.45) is 1.83. The smallest absolute Gasteiger partial charge is 0.416 e. The Morgan fingerprint density at radius 3 is 2.51 bits per heavy atom. The zero-order valence-electron chi connectivity index (χ0n) is 27.9. The second-order valence-electron chi connectivity index (χ2n) is 12.3. The number of methoxy groups -OCH3 is 1. The van der Waals surface area contributed by atoms with Crippen molar-refractivity contribution in [1.82, 2.24) is 29.4 Å². The van der Waals surface area contributed by atoms with Crippen LogP contribution in [0.25, 0.3) is 17.2 Å². The topological polar surface area (TPSA) is 156 Å². The summed E-state index contributed by atoms with van der Waals surface area (Å²) in [4.78, 5) is 61.5. The predicted octanol–water partition coefficient (Wildman–Crippen LogP) is 4.62. The van der Waals surface area contributed by atoms with Gasteiger partial charge in [-0.2, -0.15) is 13.2 Å². The molecule has 0 bridgehead atoms. The first-order valence-electron chi connectivity index (χ1n) is 16.1. The van der Waals surface area contributed by atoms with Gasteiger partial charge in [0.2, 0.25) is 11.3 Å². The van der Waals surface area contributed by atoms with Crippen molar-refractivity contribution < 1.29 is 32.6 Å². The Morgan fingerprint density at radius 2 is 1.86 bits per heavy atom. The highest BCUT2D eigenvalue weighted by Gasteiger charge is 2.32. The van der Waals surface area contributed by atoms with Crippen molar-refractivity contribution in [3.05, 3.63) is 79.9 Å². The fourth-order valence-electron chi connectivity index (χ4n) is 6.22. The molecule has 0 radical (unpaired) electrons. The standard InChI is InChI=1S/C34H34ClF3N8O5/c1-4-25-29(44-7-9-45(10-8-44)33(50)28-30(48)18(2)40-17-41-28)31(49)27-32(39-15-21(42-27)11-19-12-22(13-19)51-3)46(25)16-26(47)43-24-6-5-20(14-23(24)35)34(36,37)38/h5-6,11,14-15,17,22,48H,4,7-10,12-13,16H2,1-3H3,(H,43,47). The molecule has 1 aliphatic heterocycles. The molecule has 1 saturated carbocycles. The number of fused-ring (bicyclic) bond motifs is 1. The largest absolute Gasteiger partial charge is 0.504 e. The minimum atomic E-state index is -4.61. The van der Waals surface area contributed by atoms with Crippen molar-refractivity contribution in [3.63, 3.8) is 0 Å². The molecular formula is C34H34ClF3N8O5. The third kappa shape index (κ3) is 7.23. The molecule has 2 N–H and O–H groups in total. The highest BCUT2D eigenvalue weighted by atomic mass is 35.5. The number of halogens is 4. The van der Waals surface area contributed by atoms with Gasteiger partial charge in [-0.3, -0.25) is 14.4 Å². The summed E-state index contributed by atoms with van der Waals surface area (Å²) < 4.78 is 46.5. The third-order valence-corrected chi connectivity index (χ3v) is 9.33. The van der Waals surface area contributed by atoms with Crippen LogP contribution in [-0.4, -0.2) is 85.7 Å².